The van der Waals surface area contributed by atoms with Gasteiger partial charge in [-0.05, 0) is 55.0 Å². The zero-order valence-corrected chi connectivity index (χ0v) is 20.9. The normalized spacial score (nSPS) is 14.4. The molecule has 2 heterocycles. The Kier molecular flexibility index (Phi) is 6.42. The van der Waals surface area contributed by atoms with E-state index in [1.807, 2.05) is 49.4 Å². The number of carbonyl (C=O) groups excluding carboxylic acids is 2. The van der Waals surface area contributed by atoms with E-state index in [-0.39, 0.29) is 23.4 Å². The third kappa shape index (κ3) is 4.66. The van der Waals surface area contributed by atoms with E-state index in [0.717, 1.165) is 10.5 Å². The van der Waals surface area contributed by atoms with Gasteiger partial charge in [0, 0.05) is 10.6 Å². The molecule has 5 rings (SSSR count). The number of nitrogens with one attached hydrogen (secondary N) is 2. The van der Waals surface area contributed by atoms with Crippen LogP contribution in [0.5, 0.6) is 5.75 Å². The largest absolute Gasteiger partial charge is 0.496 e. The van der Waals surface area contributed by atoms with Gasteiger partial charge >= 0.3 is 6.03 Å². The molecule has 1 aliphatic rings. The predicted molar refractivity (Wildman–Crippen MR) is 142 cm³/mol. The van der Waals surface area contributed by atoms with E-state index >= 15 is 0 Å². The van der Waals surface area contributed by atoms with Gasteiger partial charge in [0.25, 0.3) is 11.5 Å². The molecule has 0 saturated carbocycles. The molecule has 1 aliphatic heterocycles. The average molecular weight is 515 g/mol. The summed E-state index contributed by atoms with van der Waals surface area (Å²) in [6, 6.07) is 21.0. The lowest BCUT2D eigenvalue weighted by Crippen LogP contribution is -2.30. The van der Waals surface area contributed by atoms with Crippen LogP contribution in [0, 0.1) is 6.92 Å². The van der Waals surface area contributed by atoms with Crippen LogP contribution in [-0.2, 0) is 11.3 Å². The molecule has 2 N–H and O–H groups in total. The SMILES string of the molecule is COc1ccccc1-c1[nH]n(-c2ccc(C)cc2)c(=O)c1/C=C1\NC(=O)N(Cc2cccc(Cl)c2)C1=O. The quantitative estimate of drug-likeness (QED) is 0.283. The monoisotopic (exact) mass is 514 g/mol. The van der Waals surface area contributed by atoms with Crippen LogP contribution >= 0.6 is 11.6 Å². The Balaban J connectivity index is 1.60. The molecule has 0 unspecified atom stereocenters. The number of carbonyl (C=O) groups is 2. The van der Waals surface area contributed by atoms with Crippen molar-refractivity contribution in [2.24, 2.45) is 0 Å². The second-order valence-electron chi connectivity index (χ2n) is 8.59. The van der Waals surface area contributed by atoms with Gasteiger partial charge in [-0.15, -0.1) is 0 Å². The lowest BCUT2D eigenvalue weighted by molar-refractivity contribution is -0.123. The number of ether oxygens (including phenoxy) is 1. The standard InChI is InChI=1S/C28H23ClN4O4/c1-17-10-12-20(13-11-17)33-26(34)22(25(31-33)21-8-3-4-9-24(21)37-2)15-23-27(35)32(28(36)30-23)16-18-6-5-7-19(29)14-18/h3-15,31H,16H2,1-2H3,(H,30,36)/b23-15-. The number of aryl methyl sites for hydroxylation is 1. The predicted octanol–water partition coefficient (Wildman–Crippen LogP) is 4.90. The van der Waals surface area contributed by atoms with E-state index in [1.165, 1.54) is 10.8 Å². The summed E-state index contributed by atoms with van der Waals surface area (Å²) in [6.45, 7) is 2.00. The Morgan fingerprint density at radius 1 is 0.973 bits per heavy atom. The first kappa shape index (κ1) is 24.1. The van der Waals surface area contributed by atoms with E-state index in [1.54, 1.807) is 37.4 Å². The number of H-pyrrole nitrogens is 1. The molecule has 1 saturated heterocycles. The lowest BCUT2D eigenvalue weighted by atomic mass is 10.1. The highest BCUT2D eigenvalue weighted by Gasteiger charge is 2.34. The van der Waals surface area contributed by atoms with Crippen LogP contribution in [0.25, 0.3) is 23.0 Å². The Morgan fingerprint density at radius 2 is 1.73 bits per heavy atom. The van der Waals surface area contributed by atoms with Gasteiger partial charge in [0.1, 0.15) is 11.4 Å². The number of halogens is 1. The molecular weight excluding hydrogens is 492 g/mol. The topological polar surface area (TPSA) is 96.4 Å². The first-order valence-corrected chi connectivity index (χ1v) is 11.9. The van der Waals surface area contributed by atoms with Crippen molar-refractivity contribution in [1.29, 1.82) is 0 Å². The summed E-state index contributed by atoms with van der Waals surface area (Å²) in [7, 11) is 1.54. The molecule has 0 radical (unpaired) electrons. The van der Waals surface area contributed by atoms with Gasteiger partial charge < -0.3 is 10.1 Å². The fourth-order valence-corrected chi connectivity index (χ4v) is 4.41. The Hall–Kier alpha value is -4.56. The third-order valence-corrected chi connectivity index (χ3v) is 6.31. The van der Waals surface area contributed by atoms with Crippen LogP contribution < -0.4 is 15.6 Å². The smallest absolute Gasteiger partial charge is 0.329 e. The number of urea groups is 1. The average Bonchev–Trinajstić information content (AvgIpc) is 3.35. The molecule has 0 atom stereocenters. The van der Waals surface area contributed by atoms with E-state index < -0.39 is 11.9 Å². The molecule has 3 amide bonds. The molecule has 0 bridgehead atoms. The molecule has 37 heavy (non-hydrogen) atoms. The Morgan fingerprint density at radius 3 is 2.46 bits per heavy atom. The summed E-state index contributed by atoms with van der Waals surface area (Å²) in [4.78, 5) is 40.6. The molecule has 0 aliphatic carbocycles. The summed E-state index contributed by atoms with van der Waals surface area (Å²) in [5, 5.41) is 6.27. The number of benzene rings is 3. The molecule has 186 valence electrons. The van der Waals surface area contributed by atoms with Crippen molar-refractivity contribution in [3.05, 3.63) is 111 Å². The maximum absolute atomic E-state index is 13.6. The van der Waals surface area contributed by atoms with Gasteiger partial charge in [-0.1, -0.05) is 53.6 Å². The molecule has 8 nitrogen and oxygen atoms in total. The van der Waals surface area contributed by atoms with Crippen LogP contribution in [0.2, 0.25) is 5.02 Å². The number of imide groups is 1. The highest BCUT2D eigenvalue weighted by Crippen LogP contribution is 2.31. The number of nitrogens with zero attached hydrogens (tertiary/aromatic N) is 2. The van der Waals surface area contributed by atoms with Crippen molar-refractivity contribution in [3.8, 4) is 22.7 Å². The van der Waals surface area contributed by atoms with E-state index in [0.29, 0.717) is 33.3 Å². The molecule has 3 aromatic carbocycles. The summed E-state index contributed by atoms with van der Waals surface area (Å²) < 4.78 is 6.92. The van der Waals surface area contributed by atoms with Gasteiger partial charge in [0.2, 0.25) is 0 Å². The highest BCUT2D eigenvalue weighted by atomic mass is 35.5. The van der Waals surface area contributed by atoms with E-state index in [9.17, 15) is 14.4 Å². The number of aromatic nitrogens is 2. The summed E-state index contributed by atoms with van der Waals surface area (Å²) in [6.07, 6.45) is 1.41. The van der Waals surface area contributed by atoms with Gasteiger partial charge in [-0.25, -0.2) is 9.48 Å². The minimum absolute atomic E-state index is 0.00432. The molecule has 4 aromatic rings. The summed E-state index contributed by atoms with van der Waals surface area (Å²) in [5.41, 5.74) is 3.28. The number of para-hydroxylation sites is 1. The van der Waals surface area contributed by atoms with Crippen LogP contribution in [-0.4, -0.2) is 33.7 Å². The highest BCUT2D eigenvalue weighted by molar-refractivity contribution is 6.30. The number of amides is 3. The summed E-state index contributed by atoms with van der Waals surface area (Å²) >= 11 is 6.05. The first-order chi connectivity index (χ1) is 17.9. The first-order valence-electron chi connectivity index (χ1n) is 11.5. The van der Waals surface area contributed by atoms with Crippen LogP contribution in [0.1, 0.15) is 16.7 Å². The molecule has 9 heteroatoms. The number of aromatic amines is 1. The maximum atomic E-state index is 13.6. The molecule has 1 aromatic heterocycles. The number of rotatable bonds is 6. The van der Waals surface area contributed by atoms with Crippen molar-refractivity contribution in [1.82, 2.24) is 20.0 Å². The Labute approximate surface area is 217 Å². The van der Waals surface area contributed by atoms with Crippen LogP contribution in [0.3, 0.4) is 0 Å². The van der Waals surface area contributed by atoms with E-state index in [2.05, 4.69) is 10.4 Å². The third-order valence-electron chi connectivity index (χ3n) is 6.08. The number of methoxy groups -OCH3 is 1. The zero-order valence-electron chi connectivity index (χ0n) is 20.1. The second kappa shape index (κ2) is 9.83. The maximum Gasteiger partial charge on any atom is 0.329 e. The zero-order chi connectivity index (χ0) is 26.1. The van der Waals surface area contributed by atoms with Gasteiger partial charge in [0.05, 0.1) is 30.6 Å². The molecule has 0 spiro atoms. The van der Waals surface area contributed by atoms with Gasteiger partial charge in [0.15, 0.2) is 0 Å². The molecular formula is C28H23ClN4O4. The van der Waals surface area contributed by atoms with Crippen LogP contribution in [0.15, 0.2) is 83.3 Å². The fraction of sp³-hybridized carbons (Fsp3) is 0.107. The van der Waals surface area contributed by atoms with Gasteiger partial charge in [-0.3, -0.25) is 19.6 Å². The van der Waals surface area contributed by atoms with Crippen molar-refractivity contribution in [2.45, 2.75) is 13.5 Å². The molecule has 1 fully saturated rings. The summed E-state index contributed by atoms with van der Waals surface area (Å²) in [5.74, 6) is 0.00209. The van der Waals surface area contributed by atoms with Gasteiger partial charge in [-0.2, -0.15) is 0 Å². The van der Waals surface area contributed by atoms with Crippen molar-refractivity contribution < 1.29 is 14.3 Å². The van der Waals surface area contributed by atoms with E-state index in [4.69, 9.17) is 16.3 Å². The number of hydrogen-bond donors (Lipinski definition) is 2. The number of hydrogen-bond acceptors (Lipinski definition) is 4. The van der Waals surface area contributed by atoms with Crippen molar-refractivity contribution >= 4 is 29.6 Å². The lowest BCUT2D eigenvalue weighted by Gasteiger charge is -2.11. The fourth-order valence-electron chi connectivity index (χ4n) is 4.19. The van der Waals surface area contributed by atoms with Crippen molar-refractivity contribution in [3.63, 3.8) is 0 Å². The second-order valence-corrected chi connectivity index (χ2v) is 9.02. The Bertz CT molecular complexity index is 1600. The minimum Gasteiger partial charge on any atom is -0.496 e. The van der Waals surface area contributed by atoms with Crippen LogP contribution in [0.4, 0.5) is 4.79 Å². The van der Waals surface area contributed by atoms with Crippen molar-refractivity contribution in [2.75, 3.05) is 7.11 Å². The minimum atomic E-state index is -0.579.